The highest BCUT2D eigenvalue weighted by Gasteiger charge is 2.56. The minimum atomic E-state index is -1.65. The molecule has 1 aromatic rings. The van der Waals surface area contributed by atoms with Gasteiger partial charge in [-0.3, -0.25) is 4.79 Å². The summed E-state index contributed by atoms with van der Waals surface area (Å²) in [5, 5.41) is 8.96. The number of halogens is 3. The van der Waals surface area contributed by atoms with E-state index in [0.29, 0.717) is 6.07 Å². The Labute approximate surface area is 94.8 Å². The lowest BCUT2D eigenvalue weighted by molar-refractivity contribution is -0.140. The summed E-state index contributed by atoms with van der Waals surface area (Å²) in [6.45, 7) is 0. The van der Waals surface area contributed by atoms with Crippen molar-refractivity contribution in [2.75, 3.05) is 7.11 Å². The Balaban J connectivity index is 2.69. The summed E-state index contributed by atoms with van der Waals surface area (Å²) in [4.78, 5) is 11.0. The van der Waals surface area contributed by atoms with Crippen molar-refractivity contribution in [1.29, 1.82) is 0 Å². The molecule has 0 atom stereocenters. The molecule has 0 radical (unpaired) electrons. The first kappa shape index (κ1) is 11.8. The second-order valence-electron chi connectivity index (χ2n) is 3.95. The van der Waals surface area contributed by atoms with Crippen molar-refractivity contribution in [3.05, 3.63) is 29.1 Å². The van der Waals surface area contributed by atoms with E-state index in [1.54, 1.807) is 0 Å². The van der Waals surface area contributed by atoms with Crippen LogP contribution >= 0.6 is 0 Å². The van der Waals surface area contributed by atoms with E-state index >= 15 is 0 Å². The Morgan fingerprint density at radius 2 is 1.94 bits per heavy atom. The number of ether oxygens (including phenoxy) is 1. The van der Waals surface area contributed by atoms with E-state index < -0.39 is 40.1 Å². The van der Waals surface area contributed by atoms with E-state index in [1.165, 1.54) is 0 Å². The van der Waals surface area contributed by atoms with Gasteiger partial charge in [0.1, 0.15) is 0 Å². The fourth-order valence-electron chi connectivity index (χ4n) is 1.85. The lowest BCUT2D eigenvalue weighted by Gasteiger charge is -2.15. The summed E-state index contributed by atoms with van der Waals surface area (Å²) < 4.78 is 45.1. The Hall–Kier alpha value is -1.72. The van der Waals surface area contributed by atoms with Crippen LogP contribution in [0, 0.1) is 17.5 Å². The van der Waals surface area contributed by atoms with Gasteiger partial charge in [0, 0.05) is 11.6 Å². The van der Waals surface area contributed by atoms with Crippen LogP contribution in [0.25, 0.3) is 0 Å². The van der Waals surface area contributed by atoms with E-state index in [4.69, 9.17) is 5.11 Å². The summed E-state index contributed by atoms with van der Waals surface area (Å²) in [5.41, 5.74) is -2.40. The second kappa shape index (κ2) is 3.65. The molecule has 92 valence electrons. The smallest absolute Gasteiger partial charge is 0.314 e. The maximum absolute atomic E-state index is 13.8. The van der Waals surface area contributed by atoms with Gasteiger partial charge in [0.05, 0.1) is 12.5 Å². The molecular formula is C11H9F3O3. The van der Waals surface area contributed by atoms with Crippen molar-refractivity contribution in [2.45, 2.75) is 18.3 Å². The van der Waals surface area contributed by atoms with E-state index in [-0.39, 0.29) is 12.8 Å². The van der Waals surface area contributed by atoms with Crippen LogP contribution in [0.1, 0.15) is 18.4 Å². The third-order valence-corrected chi connectivity index (χ3v) is 2.98. The fraction of sp³-hybridized carbons (Fsp3) is 0.364. The number of carboxylic acid groups (broad SMARTS) is 1. The standard InChI is InChI=1S/C11H9F3O3/c1-17-6-4-5(12)8(13)7(9(6)14)11(2-3-11)10(15)16/h4H,2-3H2,1H3,(H,15,16). The number of hydrogen-bond acceptors (Lipinski definition) is 2. The summed E-state index contributed by atoms with van der Waals surface area (Å²) in [5.74, 6) is -5.77. The van der Waals surface area contributed by atoms with Crippen LogP contribution in [0.3, 0.4) is 0 Å². The molecule has 0 unspecified atom stereocenters. The van der Waals surface area contributed by atoms with Gasteiger partial charge >= 0.3 is 5.97 Å². The highest BCUT2D eigenvalue weighted by Crippen LogP contribution is 2.51. The number of rotatable bonds is 3. The first-order chi connectivity index (χ1) is 7.94. The molecule has 2 rings (SSSR count). The highest BCUT2D eigenvalue weighted by atomic mass is 19.2. The van der Waals surface area contributed by atoms with Crippen molar-refractivity contribution in [2.24, 2.45) is 0 Å². The first-order valence-corrected chi connectivity index (χ1v) is 4.89. The van der Waals surface area contributed by atoms with Gasteiger partial charge in [-0.2, -0.15) is 0 Å². The average Bonchev–Trinajstić information content (AvgIpc) is 3.05. The lowest BCUT2D eigenvalue weighted by Crippen LogP contribution is -2.23. The van der Waals surface area contributed by atoms with Gasteiger partial charge in [-0.15, -0.1) is 0 Å². The first-order valence-electron chi connectivity index (χ1n) is 4.89. The molecule has 6 heteroatoms. The lowest BCUT2D eigenvalue weighted by atomic mass is 9.94. The molecule has 1 fully saturated rings. The number of carbonyl (C=O) groups is 1. The molecule has 1 saturated carbocycles. The molecule has 1 aliphatic rings. The minimum Gasteiger partial charge on any atom is -0.494 e. The van der Waals surface area contributed by atoms with E-state index in [9.17, 15) is 18.0 Å². The molecule has 0 amide bonds. The Kier molecular flexibility index (Phi) is 2.52. The van der Waals surface area contributed by atoms with Gasteiger partial charge in [-0.1, -0.05) is 0 Å². The molecule has 0 aromatic heterocycles. The maximum atomic E-state index is 13.8. The molecule has 1 N–H and O–H groups in total. The van der Waals surface area contributed by atoms with Gasteiger partial charge < -0.3 is 9.84 Å². The van der Waals surface area contributed by atoms with Crippen LogP contribution in [-0.4, -0.2) is 18.2 Å². The van der Waals surface area contributed by atoms with Crippen molar-refractivity contribution in [3.8, 4) is 5.75 Å². The van der Waals surface area contributed by atoms with Crippen LogP contribution in [0.5, 0.6) is 5.75 Å². The summed E-state index contributed by atoms with van der Waals surface area (Å²) in [6, 6.07) is 0.562. The van der Waals surface area contributed by atoms with Crippen LogP contribution in [0.4, 0.5) is 13.2 Å². The Bertz CT molecular complexity index is 495. The normalized spacial score (nSPS) is 16.7. The average molecular weight is 246 g/mol. The second-order valence-corrected chi connectivity index (χ2v) is 3.95. The van der Waals surface area contributed by atoms with Crippen LogP contribution in [0.2, 0.25) is 0 Å². The minimum absolute atomic E-state index is 0.0861. The number of hydrogen-bond donors (Lipinski definition) is 1. The fourth-order valence-corrected chi connectivity index (χ4v) is 1.85. The summed E-state index contributed by atoms with van der Waals surface area (Å²) in [6.07, 6.45) is 0.172. The topological polar surface area (TPSA) is 46.5 Å². The van der Waals surface area contributed by atoms with Gasteiger partial charge in [0.15, 0.2) is 23.2 Å². The molecule has 0 aliphatic heterocycles. The van der Waals surface area contributed by atoms with Crippen molar-refractivity contribution >= 4 is 5.97 Å². The molecule has 0 saturated heterocycles. The molecule has 1 aliphatic carbocycles. The van der Waals surface area contributed by atoms with E-state index in [1.807, 2.05) is 0 Å². The molecule has 1 aromatic carbocycles. The molecule has 3 nitrogen and oxygen atoms in total. The zero-order chi connectivity index (χ0) is 12.8. The van der Waals surface area contributed by atoms with E-state index in [2.05, 4.69) is 4.74 Å². The number of aliphatic carboxylic acids is 1. The highest BCUT2D eigenvalue weighted by molar-refractivity contribution is 5.85. The Morgan fingerprint density at radius 3 is 2.35 bits per heavy atom. The third-order valence-electron chi connectivity index (χ3n) is 2.98. The molecule has 0 bridgehead atoms. The SMILES string of the molecule is COc1cc(F)c(F)c(C2(C(=O)O)CC2)c1F. The molecule has 17 heavy (non-hydrogen) atoms. The summed E-state index contributed by atoms with van der Waals surface area (Å²) >= 11 is 0. The predicted molar refractivity (Wildman–Crippen MR) is 51.4 cm³/mol. The summed E-state index contributed by atoms with van der Waals surface area (Å²) in [7, 11) is 1.10. The van der Waals surface area contributed by atoms with Gasteiger partial charge in [0.2, 0.25) is 0 Å². The van der Waals surface area contributed by atoms with Crippen LogP contribution in [0.15, 0.2) is 6.07 Å². The number of methoxy groups -OCH3 is 1. The maximum Gasteiger partial charge on any atom is 0.314 e. The van der Waals surface area contributed by atoms with Crippen molar-refractivity contribution < 1.29 is 27.8 Å². The van der Waals surface area contributed by atoms with Gasteiger partial charge in [-0.25, -0.2) is 13.2 Å². The largest absolute Gasteiger partial charge is 0.494 e. The van der Waals surface area contributed by atoms with Crippen molar-refractivity contribution in [1.82, 2.24) is 0 Å². The Morgan fingerprint density at radius 1 is 1.35 bits per heavy atom. The number of benzene rings is 1. The van der Waals surface area contributed by atoms with Crippen LogP contribution in [-0.2, 0) is 10.2 Å². The van der Waals surface area contributed by atoms with Gasteiger partial charge in [-0.05, 0) is 12.8 Å². The zero-order valence-electron chi connectivity index (χ0n) is 8.89. The van der Waals surface area contributed by atoms with Crippen LogP contribution < -0.4 is 4.74 Å². The molecular weight excluding hydrogens is 237 g/mol. The predicted octanol–water partition coefficient (Wildman–Crippen LogP) is 2.23. The molecule has 0 heterocycles. The quantitative estimate of drug-likeness (QED) is 0.832. The number of carboxylic acids is 1. The zero-order valence-corrected chi connectivity index (χ0v) is 8.89. The molecule has 0 spiro atoms. The van der Waals surface area contributed by atoms with Gasteiger partial charge in [0.25, 0.3) is 0 Å². The third kappa shape index (κ3) is 1.55. The van der Waals surface area contributed by atoms with E-state index in [0.717, 1.165) is 7.11 Å². The monoisotopic (exact) mass is 246 g/mol. The van der Waals surface area contributed by atoms with Crippen molar-refractivity contribution in [3.63, 3.8) is 0 Å².